The molecule has 0 aliphatic carbocycles. The Labute approximate surface area is 76.3 Å². The van der Waals surface area contributed by atoms with Crippen molar-refractivity contribution in [3.8, 4) is 0 Å². The number of unbranched alkanes of at least 4 members (excludes halogenated alkanes) is 3. The van der Waals surface area contributed by atoms with Gasteiger partial charge in [-0.05, 0) is 12.8 Å². The van der Waals surface area contributed by atoms with Gasteiger partial charge in [-0.1, -0.05) is 12.8 Å². The van der Waals surface area contributed by atoms with E-state index in [4.69, 9.17) is 25.4 Å². The molecule has 0 unspecified atom stereocenters. The molecule has 6 nitrogen and oxygen atoms in total. The Morgan fingerprint density at radius 3 is 1.46 bits per heavy atom. The molecule has 0 bridgehead atoms. The average Bonchev–Trinajstić information content (AvgIpc) is 2.14. The molecule has 6 heteroatoms. The predicted molar refractivity (Wildman–Crippen MR) is 44.4 cm³/mol. The Balaban J connectivity index is 0. The summed E-state index contributed by atoms with van der Waals surface area (Å²) >= 11 is 0. The first-order valence-electron chi connectivity index (χ1n) is 3.95. The highest BCUT2D eigenvalue weighted by Gasteiger charge is 1.85. The normalized spacial score (nSPS) is 8.54. The van der Waals surface area contributed by atoms with Crippen LogP contribution < -0.4 is 0 Å². The van der Waals surface area contributed by atoms with Gasteiger partial charge in [-0.2, -0.15) is 5.26 Å². The Morgan fingerprint density at radius 2 is 1.31 bits per heavy atom. The van der Waals surface area contributed by atoms with Crippen LogP contribution in [0.3, 0.4) is 0 Å². The summed E-state index contributed by atoms with van der Waals surface area (Å²) in [5, 5.41) is 30.9. The zero-order valence-corrected chi connectivity index (χ0v) is 7.35. The molecule has 0 saturated heterocycles. The topological polar surface area (TPSA) is 107 Å². The van der Waals surface area contributed by atoms with Gasteiger partial charge < -0.3 is 15.3 Å². The van der Waals surface area contributed by atoms with Gasteiger partial charge >= 0.3 is 6.16 Å². The van der Waals surface area contributed by atoms with Crippen LogP contribution in [0.2, 0.25) is 0 Å². The molecule has 0 aliphatic rings. The Hall–Kier alpha value is -0.850. The monoisotopic (exact) mass is 196 g/mol. The summed E-state index contributed by atoms with van der Waals surface area (Å²) < 4.78 is 0. The van der Waals surface area contributed by atoms with Crippen molar-refractivity contribution in [1.82, 2.24) is 0 Å². The number of hydrogen-bond acceptors (Lipinski definition) is 5. The number of carbonyl (C=O) groups is 1. The minimum atomic E-state index is -1.69. The van der Waals surface area contributed by atoms with E-state index in [2.05, 4.69) is 4.89 Å². The number of carboxylic acid groups (broad SMARTS) is 1. The highest BCUT2D eigenvalue weighted by Crippen LogP contribution is 1.96. The van der Waals surface area contributed by atoms with E-state index in [9.17, 15) is 0 Å². The van der Waals surface area contributed by atoms with Gasteiger partial charge in [0, 0.05) is 13.2 Å². The second-order valence-electron chi connectivity index (χ2n) is 2.22. The van der Waals surface area contributed by atoms with E-state index in [-0.39, 0.29) is 13.2 Å². The van der Waals surface area contributed by atoms with Crippen LogP contribution in [0.4, 0.5) is 4.79 Å². The van der Waals surface area contributed by atoms with Crippen molar-refractivity contribution in [3.63, 3.8) is 0 Å². The summed E-state index contributed by atoms with van der Waals surface area (Å²) in [7, 11) is 0. The zero-order chi connectivity index (χ0) is 10.5. The van der Waals surface area contributed by atoms with Crippen LogP contribution in [-0.2, 0) is 4.89 Å². The molecule has 0 fully saturated rings. The number of hydrogen-bond donors (Lipinski definition) is 4. The van der Waals surface area contributed by atoms with Gasteiger partial charge in [-0.15, -0.1) is 0 Å². The third-order valence-corrected chi connectivity index (χ3v) is 1.14. The summed E-state index contributed by atoms with van der Waals surface area (Å²) in [4.78, 5) is 11.6. The minimum absolute atomic E-state index is 0.283. The van der Waals surface area contributed by atoms with E-state index < -0.39 is 6.16 Å². The third-order valence-electron chi connectivity index (χ3n) is 1.14. The lowest BCUT2D eigenvalue weighted by Crippen LogP contribution is -1.91. The summed E-state index contributed by atoms with van der Waals surface area (Å²) in [5.41, 5.74) is 0. The first-order chi connectivity index (χ1) is 6.18. The van der Waals surface area contributed by atoms with Gasteiger partial charge in [-0.3, -0.25) is 4.89 Å². The zero-order valence-electron chi connectivity index (χ0n) is 7.35. The fraction of sp³-hybridized carbons (Fsp3) is 0.857. The molecule has 0 saturated carbocycles. The highest BCUT2D eigenvalue weighted by atomic mass is 17.1. The molecule has 0 atom stereocenters. The molecular weight excluding hydrogens is 180 g/mol. The molecule has 0 heterocycles. The van der Waals surface area contributed by atoms with Crippen molar-refractivity contribution < 1.29 is 30.3 Å². The molecule has 0 aromatic heterocycles. The lowest BCUT2D eigenvalue weighted by atomic mass is 10.2. The number of rotatable bonds is 5. The van der Waals surface area contributed by atoms with Gasteiger partial charge in [-0.25, -0.2) is 4.79 Å². The maximum Gasteiger partial charge on any atom is 0.537 e. The largest absolute Gasteiger partial charge is 0.537 e. The predicted octanol–water partition coefficient (Wildman–Crippen LogP) is 0.685. The maximum absolute atomic E-state index is 8.90. The van der Waals surface area contributed by atoms with Crippen LogP contribution in [0, 0.1) is 0 Å². The Bertz CT molecular complexity index is 99.2. The summed E-state index contributed by atoms with van der Waals surface area (Å²) in [6.07, 6.45) is 2.14. The molecule has 0 radical (unpaired) electrons. The van der Waals surface area contributed by atoms with Crippen LogP contribution in [-0.4, -0.2) is 39.9 Å². The molecule has 0 spiro atoms. The molecule has 0 rings (SSSR count). The Morgan fingerprint density at radius 1 is 1.00 bits per heavy atom. The van der Waals surface area contributed by atoms with E-state index in [1.165, 1.54) is 0 Å². The van der Waals surface area contributed by atoms with E-state index in [0.29, 0.717) is 0 Å². The highest BCUT2D eigenvalue weighted by molar-refractivity contribution is 5.55. The molecule has 80 valence electrons. The van der Waals surface area contributed by atoms with E-state index in [0.717, 1.165) is 25.7 Å². The SMILES string of the molecule is O=C(O)OO.OCCCCCCO. The van der Waals surface area contributed by atoms with Crippen LogP contribution in [0.1, 0.15) is 25.7 Å². The first kappa shape index (κ1) is 14.7. The lowest BCUT2D eigenvalue weighted by molar-refractivity contribution is -0.194. The van der Waals surface area contributed by atoms with E-state index >= 15 is 0 Å². The molecule has 0 aliphatic heterocycles. The standard InChI is InChI=1S/C6H14O2.CH2O4/c7-5-3-1-2-4-6-8;2-1(3)5-4/h7-8H,1-6H2;4H,(H,2,3). The molecule has 0 amide bonds. The van der Waals surface area contributed by atoms with E-state index in [1.807, 2.05) is 0 Å². The van der Waals surface area contributed by atoms with Crippen molar-refractivity contribution >= 4 is 6.16 Å². The van der Waals surface area contributed by atoms with Gasteiger partial charge in [0.15, 0.2) is 0 Å². The molecule has 4 N–H and O–H groups in total. The summed E-state index contributed by atoms with van der Waals surface area (Å²) in [5.74, 6) is 0. The maximum atomic E-state index is 8.90. The third kappa shape index (κ3) is 24.7. The molecule has 0 aromatic rings. The van der Waals surface area contributed by atoms with Crippen molar-refractivity contribution in [3.05, 3.63) is 0 Å². The number of aliphatic hydroxyl groups excluding tert-OH is 2. The van der Waals surface area contributed by atoms with Crippen molar-refractivity contribution in [2.45, 2.75) is 25.7 Å². The molecule has 0 aromatic carbocycles. The van der Waals surface area contributed by atoms with Crippen molar-refractivity contribution in [2.75, 3.05) is 13.2 Å². The summed E-state index contributed by atoms with van der Waals surface area (Å²) in [6.45, 7) is 0.566. The van der Waals surface area contributed by atoms with Crippen LogP contribution in [0.5, 0.6) is 0 Å². The summed E-state index contributed by atoms with van der Waals surface area (Å²) in [6, 6.07) is 0. The van der Waals surface area contributed by atoms with Crippen LogP contribution in [0.25, 0.3) is 0 Å². The van der Waals surface area contributed by atoms with Crippen LogP contribution in [0.15, 0.2) is 0 Å². The average molecular weight is 196 g/mol. The van der Waals surface area contributed by atoms with Crippen LogP contribution >= 0.6 is 0 Å². The smallest absolute Gasteiger partial charge is 0.448 e. The second-order valence-corrected chi connectivity index (χ2v) is 2.22. The lowest BCUT2D eigenvalue weighted by Gasteiger charge is -1.93. The fourth-order valence-electron chi connectivity index (χ4n) is 0.577. The van der Waals surface area contributed by atoms with Gasteiger partial charge in [0.05, 0.1) is 0 Å². The fourth-order valence-corrected chi connectivity index (χ4v) is 0.577. The van der Waals surface area contributed by atoms with E-state index in [1.54, 1.807) is 0 Å². The first-order valence-corrected chi connectivity index (χ1v) is 3.95. The van der Waals surface area contributed by atoms with Gasteiger partial charge in [0.1, 0.15) is 0 Å². The van der Waals surface area contributed by atoms with Crippen molar-refractivity contribution in [2.24, 2.45) is 0 Å². The molecule has 13 heavy (non-hydrogen) atoms. The van der Waals surface area contributed by atoms with Gasteiger partial charge in [0.25, 0.3) is 0 Å². The van der Waals surface area contributed by atoms with Crippen molar-refractivity contribution in [1.29, 1.82) is 0 Å². The van der Waals surface area contributed by atoms with Gasteiger partial charge in [0.2, 0.25) is 0 Å². The quantitative estimate of drug-likeness (QED) is 0.292. The second kappa shape index (κ2) is 13.7. The minimum Gasteiger partial charge on any atom is -0.448 e. The molecular formula is C7H16O6. The Kier molecular flexibility index (Phi) is 15.5. The number of aliphatic hydroxyl groups is 2.